The molecule has 0 aliphatic rings. The lowest BCUT2D eigenvalue weighted by Gasteiger charge is -2.08. The van der Waals surface area contributed by atoms with E-state index in [2.05, 4.69) is 46.8 Å². The van der Waals surface area contributed by atoms with Crippen LogP contribution < -0.4 is 5.73 Å². The van der Waals surface area contributed by atoms with Gasteiger partial charge in [-0.1, -0.05) is 0 Å². The summed E-state index contributed by atoms with van der Waals surface area (Å²) in [4.78, 5) is 23.3. The van der Waals surface area contributed by atoms with Crippen molar-refractivity contribution in [2.45, 2.75) is 6.92 Å². The predicted octanol–water partition coefficient (Wildman–Crippen LogP) is 2.65. The number of hydrogen-bond acceptors (Lipinski definition) is 5. The molecular weight excluding hydrogens is 380 g/mol. The maximum absolute atomic E-state index is 11.0. The minimum Gasteiger partial charge on any atom is -0.477 e. The fourth-order valence-corrected chi connectivity index (χ4v) is 2.71. The van der Waals surface area contributed by atoms with Crippen LogP contribution in [0.4, 0.5) is 5.82 Å². The number of nitrogens with two attached hydrogens (primary N) is 1. The van der Waals surface area contributed by atoms with Gasteiger partial charge in [0.15, 0.2) is 5.82 Å². The van der Waals surface area contributed by atoms with Crippen molar-refractivity contribution in [3.05, 3.63) is 32.5 Å². The van der Waals surface area contributed by atoms with Crippen molar-refractivity contribution < 1.29 is 9.90 Å². The summed E-state index contributed by atoms with van der Waals surface area (Å²) < 4.78 is 1.48. The van der Waals surface area contributed by atoms with Gasteiger partial charge in [-0.2, -0.15) is 0 Å². The van der Waals surface area contributed by atoms with E-state index in [1.807, 2.05) is 0 Å². The molecule has 2 aromatic heterocycles. The predicted molar refractivity (Wildman–Crippen MR) is 76.8 cm³/mol. The van der Waals surface area contributed by atoms with Crippen LogP contribution in [0.1, 0.15) is 16.1 Å². The third-order valence-corrected chi connectivity index (χ3v) is 3.39. The molecule has 0 fully saturated rings. The van der Waals surface area contributed by atoms with Gasteiger partial charge in [-0.25, -0.2) is 14.8 Å². The number of carbonyl (C=O) groups is 1. The molecule has 2 rings (SSSR count). The second kappa shape index (κ2) is 5.22. The van der Waals surface area contributed by atoms with Gasteiger partial charge < -0.3 is 10.8 Å². The van der Waals surface area contributed by atoms with E-state index in [-0.39, 0.29) is 17.2 Å². The highest BCUT2D eigenvalue weighted by molar-refractivity contribution is 9.11. The van der Waals surface area contributed by atoms with Crippen molar-refractivity contribution in [1.82, 2.24) is 15.0 Å². The number of carboxylic acid groups (broad SMARTS) is 1. The molecule has 0 aromatic carbocycles. The number of rotatable bonds is 2. The van der Waals surface area contributed by atoms with Gasteiger partial charge in [0.2, 0.25) is 0 Å². The smallest absolute Gasteiger partial charge is 0.341 e. The molecule has 0 aliphatic carbocycles. The molecule has 0 saturated heterocycles. The van der Waals surface area contributed by atoms with Crippen LogP contribution in [0.25, 0.3) is 11.5 Å². The summed E-state index contributed by atoms with van der Waals surface area (Å²) in [7, 11) is 0. The first-order valence-electron chi connectivity index (χ1n) is 5.09. The van der Waals surface area contributed by atoms with Gasteiger partial charge in [-0.15, -0.1) is 0 Å². The van der Waals surface area contributed by atoms with Crippen molar-refractivity contribution in [1.29, 1.82) is 0 Å². The van der Waals surface area contributed by atoms with E-state index in [1.54, 1.807) is 19.2 Å². The maximum Gasteiger partial charge on any atom is 0.341 e. The highest BCUT2D eigenvalue weighted by Crippen LogP contribution is 2.27. The van der Waals surface area contributed by atoms with Crippen LogP contribution in [-0.4, -0.2) is 26.0 Å². The quantitative estimate of drug-likeness (QED) is 0.821. The number of aromatic nitrogens is 3. The Morgan fingerprint density at radius 2 is 2.05 bits per heavy atom. The van der Waals surface area contributed by atoms with Crippen molar-refractivity contribution >= 4 is 43.6 Å². The lowest BCUT2D eigenvalue weighted by Crippen LogP contribution is -2.10. The molecule has 8 heteroatoms. The third kappa shape index (κ3) is 2.74. The number of nitrogen functional groups attached to an aromatic ring is 1. The molecule has 0 spiro atoms. The Morgan fingerprint density at radius 1 is 1.37 bits per heavy atom. The molecule has 2 heterocycles. The van der Waals surface area contributed by atoms with Crippen LogP contribution >= 0.6 is 31.9 Å². The molecule has 0 bridgehead atoms. The highest BCUT2D eigenvalue weighted by atomic mass is 79.9. The number of nitrogens with zero attached hydrogens (tertiary/aromatic N) is 3. The van der Waals surface area contributed by atoms with Crippen LogP contribution in [0, 0.1) is 6.92 Å². The SMILES string of the molecule is Cc1nc(-c2ncc(Br)cc2Br)nc(N)c1C(=O)O. The zero-order chi connectivity index (χ0) is 14.2. The van der Waals surface area contributed by atoms with E-state index in [0.717, 1.165) is 4.47 Å². The molecule has 0 aliphatic heterocycles. The van der Waals surface area contributed by atoms with Gasteiger partial charge >= 0.3 is 5.97 Å². The molecular formula is C11H8Br2N4O2. The molecule has 0 unspecified atom stereocenters. The second-order valence-corrected chi connectivity index (χ2v) is 5.45. The number of carboxylic acids is 1. The number of aromatic carboxylic acids is 1. The summed E-state index contributed by atoms with van der Waals surface area (Å²) in [6.45, 7) is 1.57. The average Bonchev–Trinajstić information content (AvgIpc) is 2.26. The number of aryl methyl sites for hydroxylation is 1. The summed E-state index contributed by atoms with van der Waals surface area (Å²) in [5.74, 6) is -0.949. The number of halogens is 2. The van der Waals surface area contributed by atoms with Crippen molar-refractivity contribution in [2.24, 2.45) is 0 Å². The van der Waals surface area contributed by atoms with Crippen LogP contribution in [0.3, 0.4) is 0 Å². The van der Waals surface area contributed by atoms with Gasteiger partial charge in [0.05, 0.1) is 5.69 Å². The first-order valence-corrected chi connectivity index (χ1v) is 6.67. The van der Waals surface area contributed by atoms with Gasteiger partial charge in [0.25, 0.3) is 0 Å². The number of anilines is 1. The molecule has 6 nitrogen and oxygen atoms in total. The molecule has 0 saturated carbocycles. The molecule has 0 atom stereocenters. The minimum atomic E-state index is -1.15. The first-order chi connectivity index (χ1) is 8.90. The monoisotopic (exact) mass is 386 g/mol. The Balaban J connectivity index is 2.61. The Hall–Kier alpha value is -1.54. The van der Waals surface area contributed by atoms with Crippen LogP contribution in [0.5, 0.6) is 0 Å². The van der Waals surface area contributed by atoms with E-state index in [1.165, 1.54) is 0 Å². The van der Waals surface area contributed by atoms with Gasteiger partial charge in [-0.3, -0.25) is 4.98 Å². The summed E-state index contributed by atoms with van der Waals surface area (Å²) in [6, 6.07) is 1.79. The van der Waals surface area contributed by atoms with E-state index in [4.69, 9.17) is 10.8 Å². The van der Waals surface area contributed by atoms with Crippen molar-refractivity contribution in [3.8, 4) is 11.5 Å². The largest absolute Gasteiger partial charge is 0.477 e. The van der Waals surface area contributed by atoms with E-state index in [0.29, 0.717) is 15.9 Å². The fraction of sp³-hybridized carbons (Fsp3) is 0.0909. The van der Waals surface area contributed by atoms with Crippen LogP contribution in [0.2, 0.25) is 0 Å². The second-order valence-electron chi connectivity index (χ2n) is 3.68. The normalized spacial score (nSPS) is 10.5. The summed E-state index contributed by atoms with van der Waals surface area (Å²) in [6.07, 6.45) is 1.60. The van der Waals surface area contributed by atoms with E-state index in [9.17, 15) is 4.79 Å². The average molecular weight is 388 g/mol. The number of pyridine rings is 1. The Morgan fingerprint density at radius 3 is 2.58 bits per heavy atom. The number of hydrogen-bond donors (Lipinski definition) is 2. The molecule has 3 N–H and O–H groups in total. The van der Waals surface area contributed by atoms with Crippen molar-refractivity contribution in [3.63, 3.8) is 0 Å². The van der Waals surface area contributed by atoms with Gasteiger partial charge in [-0.05, 0) is 44.8 Å². The molecule has 98 valence electrons. The Kier molecular flexibility index (Phi) is 3.81. The standard InChI is InChI=1S/C11H8Br2N4O2/c1-4-7(11(18)19)9(14)17-10(16-4)8-6(13)2-5(12)3-15-8/h2-3H,1H3,(H,18,19)(H2,14,16,17). The lowest BCUT2D eigenvalue weighted by atomic mass is 10.2. The van der Waals surface area contributed by atoms with Crippen molar-refractivity contribution in [2.75, 3.05) is 5.73 Å². The van der Waals surface area contributed by atoms with Gasteiger partial charge in [0, 0.05) is 15.1 Å². The van der Waals surface area contributed by atoms with Crippen LogP contribution in [0.15, 0.2) is 21.2 Å². The summed E-state index contributed by atoms with van der Waals surface area (Å²) in [5.41, 5.74) is 6.36. The molecule has 0 amide bonds. The summed E-state index contributed by atoms with van der Waals surface area (Å²) >= 11 is 6.64. The minimum absolute atomic E-state index is 0.0772. The Bertz CT molecular complexity index is 653. The topological polar surface area (TPSA) is 102 Å². The van der Waals surface area contributed by atoms with E-state index >= 15 is 0 Å². The summed E-state index contributed by atoms with van der Waals surface area (Å²) in [5, 5.41) is 9.01. The van der Waals surface area contributed by atoms with Crippen LogP contribution in [-0.2, 0) is 0 Å². The lowest BCUT2D eigenvalue weighted by molar-refractivity contribution is 0.0696. The molecule has 0 radical (unpaired) electrons. The fourth-order valence-electron chi connectivity index (χ4n) is 1.54. The Labute approximate surface area is 125 Å². The van der Waals surface area contributed by atoms with E-state index < -0.39 is 5.97 Å². The molecule has 19 heavy (non-hydrogen) atoms. The zero-order valence-electron chi connectivity index (χ0n) is 9.69. The maximum atomic E-state index is 11.0. The molecule has 2 aromatic rings. The van der Waals surface area contributed by atoms with Gasteiger partial charge in [0.1, 0.15) is 17.1 Å². The highest BCUT2D eigenvalue weighted by Gasteiger charge is 2.18. The first kappa shape index (κ1) is 13.9. The zero-order valence-corrected chi connectivity index (χ0v) is 12.9. The third-order valence-electron chi connectivity index (χ3n) is 2.35.